The van der Waals surface area contributed by atoms with Gasteiger partial charge in [-0.15, -0.1) is 0 Å². The average molecular weight is 722 g/mol. The van der Waals surface area contributed by atoms with E-state index in [1.54, 1.807) is 0 Å². The van der Waals surface area contributed by atoms with Crippen molar-refractivity contribution in [2.75, 3.05) is 4.90 Å². The van der Waals surface area contributed by atoms with E-state index in [-0.39, 0.29) is 10.8 Å². The Labute approximate surface area is 331 Å². The minimum atomic E-state index is -0.169. The summed E-state index contributed by atoms with van der Waals surface area (Å²) in [7, 11) is 0. The van der Waals surface area contributed by atoms with Gasteiger partial charge in [0.25, 0.3) is 0 Å². The van der Waals surface area contributed by atoms with E-state index >= 15 is 0 Å². The molecule has 8 aromatic rings. The second-order valence-electron chi connectivity index (χ2n) is 16.9. The zero-order valence-electron chi connectivity index (χ0n) is 32.8. The lowest BCUT2D eigenvalue weighted by atomic mass is 9.78. The van der Waals surface area contributed by atoms with Crippen LogP contribution in [-0.4, -0.2) is 0 Å². The molecule has 0 saturated heterocycles. The molecule has 10 rings (SSSR count). The van der Waals surface area contributed by atoms with Gasteiger partial charge in [-0.2, -0.15) is 0 Å². The van der Waals surface area contributed by atoms with Crippen LogP contribution in [0.2, 0.25) is 0 Å². The molecule has 1 atom stereocenters. The van der Waals surface area contributed by atoms with Crippen LogP contribution in [0.4, 0.5) is 17.1 Å². The Hall–Kier alpha value is -6.18. The molecule has 2 aliphatic rings. The predicted octanol–water partition coefficient (Wildman–Crippen LogP) is 14.5. The molecule has 0 spiro atoms. The Morgan fingerprint density at radius 1 is 0.411 bits per heavy atom. The fraction of sp³-hybridized carbons (Fsp3) is 0.164. The van der Waals surface area contributed by atoms with Crippen molar-refractivity contribution < 1.29 is 0 Å². The lowest BCUT2D eigenvalue weighted by Crippen LogP contribution is -2.18. The van der Waals surface area contributed by atoms with Gasteiger partial charge in [-0.05, 0) is 139 Å². The number of nitrogens with zero attached hydrogens (tertiary/aromatic N) is 1. The number of benzene rings is 8. The fourth-order valence-electron chi connectivity index (χ4n) is 9.98. The molecule has 0 aromatic heterocycles. The number of fused-ring (bicyclic) bond motifs is 8. The number of rotatable bonds is 8. The normalized spacial score (nSPS) is 14.8. The first-order valence-corrected chi connectivity index (χ1v) is 20.2. The summed E-state index contributed by atoms with van der Waals surface area (Å²) < 4.78 is 0. The fourth-order valence-corrected chi connectivity index (χ4v) is 9.98. The largest absolute Gasteiger partial charge is 0.310 e. The molecule has 2 aliphatic carbocycles. The van der Waals surface area contributed by atoms with Crippen molar-refractivity contribution in [3.8, 4) is 22.3 Å². The first-order valence-electron chi connectivity index (χ1n) is 20.2. The topological polar surface area (TPSA) is 3.24 Å². The monoisotopic (exact) mass is 721 g/mol. The second kappa shape index (κ2) is 13.2. The van der Waals surface area contributed by atoms with Gasteiger partial charge in [0, 0.05) is 27.9 Å². The van der Waals surface area contributed by atoms with Gasteiger partial charge >= 0.3 is 0 Å². The van der Waals surface area contributed by atoms with E-state index in [0.717, 1.165) is 24.2 Å². The first kappa shape index (κ1) is 34.3. The number of hydrogen-bond donors (Lipinski definition) is 0. The molecule has 8 aromatic carbocycles. The molecule has 0 aliphatic heterocycles. The highest BCUT2D eigenvalue weighted by Gasteiger charge is 2.43. The van der Waals surface area contributed by atoms with Gasteiger partial charge in [0.15, 0.2) is 0 Å². The van der Waals surface area contributed by atoms with Crippen LogP contribution in [0.25, 0.3) is 33.0 Å². The molecule has 272 valence electrons. The van der Waals surface area contributed by atoms with Crippen molar-refractivity contribution in [1.29, 1.82) is 0 Å². The SMILES string of the molecule is CC1(C)c2cc(N(c3ccccc3)c3ccccc3)ccc2-c2cc3c(cc21)-c1c(cc(C[C@H](Cc2ccccc2)c2ccccc2)c2ccccc12)C3(C)C. The van der Waals surface area contributed by atoms with Crippen LogP contribution in [0, 0.1) is 0 Å². The van der Waals surface area contributed by atoms with Crippen molar-refractivity contribution in [2.24, 2.45) is 0 Å². The Morgan fingerprint density at radius 3 is 1.59 bits per heavy atom. The molecule has 0 amide bonds. The summed E-state index contributed by atoms with van der Waals surface area (Å²) in [6.07, 6.45) is 2.00. The van der Waals surface area contributed by atoms with Gasteiger partial charge in [0.05, 0.1) is 0 Å². The summed E-state index contributed by atoms with van der Waals surface area (Å²) in [5, 5.41) is 2.74. The van der Waals surface area contributed by atoms with Gasteiger partial charge in [0.1, 0.15) is 0 Å². The van der Waals surface area contributed by atoms with E-state index < -0.39 is 0 Å². The van der Waals surface area contributed by atoms with E-state index in [2.05, 4.69) is 215 Å². The molecule has 0 unspecified atom stereocenters. The summed E-state index contributed by atoms with van der Waals surface area (Å²) in [6.45, 7) is 9.73. The molecule has 0 bridgehead atoms. The third-order valence-electron chi connectivity index (χ3n) is 12.9. The van der Waals surface area contributed by atoms with Crippen LogP contribution in [0.3, 0.4) is 0 Å². The highest BCUT2D eigenvalue weighted by Crippen LogP contribution is 2.58. The van der Waals surface area contributed by atoms with Crippen molar-refractivity contribution in [3.05, 3.63) is 221 Å². The first-order chi connectivity index (χ1) is 27.3. The van der Waals surface area contributed by atoms with Gasteiger partial charge in [-0.1, -0.05) is 161 Å². The van der Waals surface area contributed by atoms with Crippen molar-refractivity contribution in [1.82, 2.24) is 0 Å². The molecule has 0 heterocycles. The highest BCUT2D eigenvalue weighted by molar-refractivity contribution is 6.05. The van der Waals surface area contributed by atoms with Crippen molar-refractivity contribution >= 4 is 27.8 Å². The van der Waals surface area contributed by atoms with Crippen molar-refractivity contribution in [3.63, 3.8) is 0 Å². The third-order valence-corrected chi connectivity index (χ3v) is 12.9. The van der Waals surface area contributed by atoms with E-state index in [4.69, 9.17) is 0 Å². The lowest BCUT2D eigenvalue weighted by molar-refractivity contribution is 0.649. The minimum absolute atomic E-state index is 0.148. The van der Waals surface area contributed by atoms with Crippen LogP contribution in [0.5, 0.6) is 0 Å². The summed E-state index contributed by atoms with van der Waals surface area (Å²) >= 11 is 0. The maximum atomic E-state index is 2.58. The molecule has 0 N–H and O–H groups in total. The molecule has 1 nitrogen and oxygen atoms in total. The molecule has 56 heavy (non-hydrogen) atoms. The predicted molar refractivity (Wildman–Crippen MR) is 237 cm³/mol. The zero-order valence-corrected chi connectivity index (χ0v) is 32.8. The third kappa shape index (κ3) is 5.52. The van der Waals surface area contributed by atoms with Crippen LogP contribution in [0.15, 0.2) is 182 Å². The zero-order chi connectivity index (χ0) is 38.0. The molecule has 0 saturated carbocycles. The van der Waals surface area contributed by atoms with Crippen LogP contribution in [-0.2, 0) is 23.7 Å². The van der Waals surface area contributed by atoms with Gasteiger partial charge in [-0.3, -0.25) is 0 Å². The molecule has 0 fully saturated rings. The summed E-state index contributed by atoms with van der Waals surface area (Å²) in [4.78, 5) is 2.38. The summed E-state index contributed by atoms with van der Waals surface area (Å²) in [5.41, 5.74) is 18.6. The van der Waals surface area contributed by atoms with Crippen LogP contribution >= 0.6 is 0 Å². The summed E-state index contributed by atoms with van der Waals surface area (Å²) in [5.74, 6) is 0.373. The smallest absolute Gasteiger partial charge is 0.0465 e. The molecular formula is C55H47N. The summed E-state index contributed by atoms with van der Waals surface area (Å²) in [6, 6.07) is 67.7. The van der Waals surface area contributed by atoms with E-state index in [1.165, 1.54) is 77.7 Å². The number of para-hydroxylation sites is 2. The number of anilines is 3. The van der Waals surface area contributed by atoms with Gasteiger partial charge < -0.3 is 4.90 Å². The van der Waals surface area contributed by atoms with E-state index in [9.17, 15) is 0 Å². The van der Waals surface area contributed by atoms with Crippen molar-refractivity contribution in [2.45, 2.75) is 57.3 Å². The maximum Gasteiger partial charge on any atom is 0.0465 e. The minimum Gasteiger partial charge on any atom is -0.310 e. The van der Waals surface area contributed by atoms with E-state index in [0.29, 0.717) is 5.92 Å². The standard InChI is InChI=1S/C55H47N/c1-54(2)49-34-43(56(41-23-13-7-14-24-41)42-25-15-8-16-26-42)29-30-45(49)47-35-51-48(36-50(47)54)53-46-28-18-17-27-44(46)40(33-52(53)55(51,3)4)32-39(38-21-11-6-12-22-38)31-37-19-9-5-10-20-37/h5-30,33-36,39H,31-32H2,1-4H3/t39-/m0/s1. The molecular weight excluding hydrogens is 675 g/mol. The Kier molecular flexibility index (Phi) is 8.12. The van der Waals surface area contributed by atoms with E-state index in [1.807, 2.05) is 0 Å². The quantitative estimate of drug-likeness (QED) is 0.151. The lowest BCUT2D eigenvalue weighted by Gasteiger charge is -2.28. The Balaban J connectivity index is 1.09. The van der Waals surface area contributed by atoms with Crippen LogP contribution in [0.1, 0.15) is 72.6 Å². The average Bonchev–Trinajstić information content (AvgIpc) is 3.60. The Morgan fingerprint density at radius 2 is 0.929 bits per heavy atom. The maximum absolute atomic E-state index is 2.58. The Bertz CT molecular complexity index is 2690. The molecule has 1 heteroatoms. The van der Waals surface area contributed by atoms with Gasteiger partial charge in [-0.25, -0.2) is 0 Å². The van der Waals surface area contributed by atoms with Gasteiger partial charge in [0.2, 0.25) is 0 Å². The second-order valence-corrected chi connectivity index (χ2v) is 16.9. The highest BCUT2D eigenvalue weighted by atomic mass is 15.1. The number of hydrogen-bond acceptors (Lipinski definition) is 1. The molecule has 0 radical (unpaired) electrons. The van der Waals surface area contributed by atoms with Crippen LogP contribution < -0.4 is 4.90 Å².